The zero-order valence-corrected chi connectivity index (χ0v) is 12.6. The average Bonchev–Trinajstić information content (AvgIpc) is 2.86. The molecular weight excluding hydrogens is 254 g/mol. The van der Waals surface area contributed by atoms with Crippen molar-refractivity contribution in [2.75, 3.05) is 32.7 Å². The highest BCUT2D eigenvalue weighted by molar-refractivity contribution is 5.83. The summed E-state index contributed by atoms with van der Waals surface area (Å²) in [6.45, 7) is 5.62. The molecule has 20 heavy (non-hydrogen) atoms. The zero-order valence-electron chi connectivity index (χ0n) is 12.6. The summed E-state index contributed by atoms with van der Waals surface area (Å²) < 4.78 is 0. The fourth-order valence-electron chi connectivity index (χ4n) is 2.97. The van der Waals surface area contributed by atoms with Crippen LogP contribution in [0.2, 0.25) is 0 Å². The second-order valence-corrected chi connectivity index (χ2v) is 5.93. The van der Waals surface area contributed by atoms with Gasteiger partial charge in [-0.2, -0.15) is 0 Å². The fraction of sp³-hybridized carbons (Fsp3) is 0.867. The molecule has 1 N–H and O–H groups in total. The summed E-state index contributed by atoms with van der Waals surface area (Å²) in [5, 5.41) is 3.09. The highest BCUT2D eigenvalue weighted by atomic mass is 16.2. The molecule has 2 rings (SSSR count). The van der Waals surface area contributed by atoms with Gasteiger partial charge in [0.2, 0.25) is 11.8 Å². The number of rotatable bonds is 4. The highest BCUT2D eigenvalue weighted by Crippen LogP contribution is 2.11. The van der Waals surface area contributed by atoms with E-state index in [0.29, 0.717) is 0 Å². The summed E-state index contributed by atoms with van der Waals surface area (Å²) in [6, 6.07) is -0.264. The molecule has 0 radical (unpaired) electrons. The third-order valence-electron chi connectivity index (χ3n) is 4.31. The van der Waals surface area contributed by atoms with E-state index in [1.807, 2.05) is 16.7 Å². The van der Waals surface area contributed by atoms with Gasteiger partial charge in [-0.3, -0.25) is 14.9 Å². The molecule has 114 valence electrons. The molecule has 0 aromatic carbocycles. The molecule has 0 aromatic rings. The molecule has 1 atom stereocenters. The first-order chi connectivity index (χ1) is 9.68. The van der Waals surface area contributed by atoms with E-state index in [4.69, 9.17) is 0 Å². The summed E-state index contributed by atoms with van der Waals surface area (Å²) in [5.41, 5.74) is 0. The van der Waals surface area contributed by atoms with Gasteiger partial charge >= 0.3 is 0 Å². The van der Waals surface area contributed by atoms with Gasteiger partial charge in [0.25, 0.3) is 0 Å². The van der Waals surface area contributed by atoms with Crippen molar-refractivity contribution < 1.29 is 9.59 Å². The number of carbonyl (C=O) groups excluding carboxylic acids is 2. The van der Waals surface area contributed by atoms with Crippen LogP contribution in [0, 0.1) is 0 Å². The second-order valence-electron chi connectivity index (χ2n) is 5.93. The molecule has 2 aliphatic rings. The maximum atomic E-state index is 12.3. The van der Waals surface area contributed by atoms with Crippen molar-refractivity contribution >= 4 is 11.8 Å². The molecule has 2 saturated heterocycles. The Balaban J connectivity index is 1.73. The van der Waals surface area contributed by atoms with Crippen molar-refractivity contribution in [2.24, 2.45) is 0 Å². The van der Waals surface area contributed by atoms with E-state index in [2.05, 4.69) is 5.32 Å². The molecule has 5 nitrogen and oxygen atoms in total. The number of likely N-dealkylation sites (tertiary alicyclic amines) is 2. The van der Waals surface area contributed by atoms with Crippen molar-refractivity contribution in [3.05, 3.63) is 0 Å². The van der Waals surface area contributed by atoms with Crippen LogP contribution in [0.25, 0.3) is 0 Å². The Labute approximate surface area is 121 Å². The van der Waals surface area contributed by atoms with Gasteiger partial charge in [-0.1, -0.05) is 12.8 Å². The van der Waals surface area contributed by atoms with Crippen molar-refractivity contribution in [1.82, 2.24) is 15.1 Å². The summed E-state index contributed by atoms with van der Waals surface area (Å²) in [5.74, 6) is 0.263. The van der Waals surface area contributed by atoms with E-state index in [1.165, 1.54) is 12.8 Å². The molecule has 2 amide bonds. The van der Waals surface area contributed by atoms with Crippen LogP contribution in [-0.2, 0) is 9.59 Å². The lowest BCUT2D eigenvalue weighted by Crippen LogP contribution is -2.48. The van der Waals surface area contributed by atoms with E-state index in [0.717, 1.165) is 51.9 Å². The molecule has 0 saturated carbocycles. The van der Waals surface area contributed by atoms with Gasteiger partial charge in [-0.15, -0.1) is 0 Å². The molecule has 2 heterocycles. The minimum Gasteiger partial charge on any atom is -0.342 e. The first kappa shape index (κ1) is 15.3. The zero-order chi connectivity index (χ0) is 14.4. The number of carbonyl (C=O) groups is 2. The minimum absolute atomic E-state index is 0.123. The van der Waals surface area contributed by atoms with Crippen LogP contribution < -0.4 is 5.32 Å². The molecule has 0 aliphatic carbocycles. The maximum absolute atomic E-state index is 12.3. The third kappa shape index (κ3) is 4.20. The lowest BCUT2D eigenvalue weighted by Gasteiger charge is -2.25. The van der Waals surface area contributed by atoms with E-state index in [1.54, 1.807) is 0 Å². The number of nitrogens with one attached hydrogen (secondary N) is 1. The molecule has 0 spiro atoms. The molecule has 1 unspecified atom stereocenters. The number of hydrogen-bond acceptors (Lipinski definition) is 3. The molecular formula is C15H27N3O2. The number of hydrogen-bond donors (Lipinski definition) is 1. The van der Waals surface area contributed by atoms with Gasteiger partial charge in [0.15, 0.2) is 0 Å². The van der Waals surface area contributed by atoms with Gasteiger partial charge in [0.1, 0.15) is 0 Å². The van der Waals surface area contributed by atoms with Crippen LogP contribution in [0.3, 0.4) is 0 Å². The monoisotopic (exact) mass is 281 g/mol. The van der Waals surface area contributed by atoms with Crippen LogP contribution in [0.5, 0.6) is 0 Å². The summed E-state index contributed by atoms with van der Waals surface area (Å²) in [4.78, 5) is 28.1. The van der Waals surface area contributed by atoms with Gasteiger partial charge in [0.05, 0.1) is 12.6 Å². The predicted octanol–water partition coefficient (Wildman–Crippen LogP) is 0.989. The predicted molar refractivity (Wildman–Crippen MR) is 78.3 cm³/mol. The highest BCUT2D eigenvalue weighted by Gasteiger charge is 2.23. The number of nitrogens with zero attached hydrogens (tertiary/aromatic N) is 2. The van der Waals surface area contributed by atoms with Crippen LogP contribution in [0.4, 0.5) is 0 Å². The Kier molecular flexibility index (Phi) is 5.83. The second kappa shape index (κ2) is 7.62. The van der Waals surface area contributed by atoms with Crippen molar-refractivity contribution in [2.45, 2.75) is 51.5 Å². The lowest BCUT2D eigenvalue weighted by molar-refractivity contribution is -0.133. The Hall–Kier alpha value is -1.10. The quantitative estimate of drug-likeness (QED) is 0.836. The van der Waals surface area contributed by atoms with Gasteiger partial charge < -0.3 is 9.80 Å². The fourth-order valence-corrected chi connectivity index (χ4v) is 2.97. The first-order valence-corrected chi connectivity index (χ1v) is 7.98. The Morgan fingerprint density at radius 2 is 1.40 bits per heavy atom. The first-order valence-electron chi connectivity index (χ1n) is 7.98. The normalized spacial score (nSPS) is 21.6. The van der Waals surface area contributed by atoms with Crippen molar-refractivity contribution in [3.8, 4) is 0 Å². The summed E-state index contributed by atoms with van der Waals surface area (Å²) in [6.07, 6.45) is 6.86. The topological polar surface area (TPSA) is 52.7 Å². The van der Waals surface area contributed by atoms with Gasteiger partial charge in [0, 0.05) is 26.2 Å². The molecule has 2 fully saturated rings. The van der Waals surface area contributed by atoms with E-state index in [9.17, 15) is 9.59 Å². The van der Waals surface area contributed by atoms with E-state index < -0.39 is 0 Å². The largest absolute Gasteiger partial charge is 0.342 e. The SMILES string of the molecule is CC(NCC(=O)N1CCCC1)C(=O)N1CCCCCC1. The minimum atomic E-state index is -0.264. The van der Waals surface area contributed by atoms with Crippen LogP contribution in [-0.4, -0.2) is 60.4 Å². The Bertz CT molecular complexity index is 332. The van der Waals surface area contributed by atoms with Crippen molar-refractivity contribution in [1.29, 1.82) is 0 Å². The van der Waals surface area contributed by atoms with Gasteiger partial charge in [-0.25, -0.2) is 0 Å². The van der Waals surface area contributed by atoms with Crippen LogP contribution in [0.1, 0.15) is 45.4 Å². The van der Waals surface area contributed by atoms with Gasteiger partial charge in [-0.05, 0) is 32.6 Å². The Morgan fingerprint density at radius 1 is 0.900 bits per heavy atom. The Morgan fingerprint density at radius 3 is 2.00 bits per heavy atom. The average molecular weight is 281 g/mol. The summed E-state index contributed by atoms with van der Waals surface area (Å²) >= 11 is 0. The third-order valence-corrected chi connectivity index (χ3v) is 4.31. The van der Waals surface area contributed by atoms with Crippen molar-refractivity contribution in [3.63, 3.8) is 0 Å². The van der Waals surface area contributed by atoms with E-state index >= 15 is 0 Å². The lowest BCUT2D eigenvalue weighted by atomic mass is 10.2. The van der Waals surface area contributed by atoms with Crippen LogP contribution >= 0.6 is 0 Å². The number of amides is 2. The molecule has 0 bridgehead atoms. The van der Waals surface area contributed by atoms with E-state index in [-0.39, 0.29) is 24.4 Å². The maximum Gasteiger partial charge on any atom is 0.239 e. The van der Waals surface area contributed by atoms with Crippen LogP contribution in [0.15, 0.2) is 0 Å². The summed E-state index contributed by atoms with van der Waals surface area (Å²) in [7, 11) is 0. The molecule has 0 aromatic heterocycles. The molecule has 2 aliphatic heterocycles. The standard InChI is InChI=1S/C15H27N3O2/c1-13(15(20)18-10-4-2-3-5-11-18)16-12-14(19)17-8-6-7-9-17/h13,16H,2-12H2,1H3. The molecule has 5 heteroatoms. The smallest absolute Gasteiger partial charge is 0.239 e.